The van der Waals surface area contributed by atoms with E-state index in [4.69, 9.17) is 4.74 Å². The van der Waals surface area contributed by atoms with Crippen molar-refractivity contribution in [3.05, 3.63) is 108 Å². The number of aromatic nitrogens is 3. The molecular formula is C24H22N4O3. The average Bonchev–Trinajstić information content (AvgIpc) is 3.28. The summed E-state index contributed by atoms with van der Waals surface area (Å²) in [5.41, 5.74) is 2.47. The second-order valence-electron chi connectivity index (χ2n) is 6.97. The minimum Gasteiger partial charge on any atom is -0.489 e. The molecule has 1 heterocycles. The lowest BCUT2D eigenvalue weighted by Gasteiger charge is -2.10. The van der Waals surface area contributed by atoms with E-state index in [9.17, 15) is 9.90 Å². The number of anilines is 1. The number of carbonyl (C=O) groups excluding carboxylic acids is 1. The molecular weight excluding hydrogens is 392 g/mol. The minimum atomic E-state index is -0.734. The Bertz CT molecular complexity index is 1110. The van der Waals surface area contributed by atoms with Crippen molar-refractivity contribution < 1.29 is 14.6 Å². The number of rotatable bonds is 8. The van der Waals surface area contributed by atoms with Crippen molar-refractivity contribution >= 4 is 11.6 Å². The first-order valence-electron chi connectivity index (χ1n) is 9.88. The molecule has 3 aromatic carbocycles. The van der Waals surface area contributed by atoms with Gasteiger partial charge in [-0.1, -0.05) is 60.7 Å². The Balaban J connectivity index is 1.31. The topological polar surface area (TPSA) is 89.3 Å². The zero-order valence-electron chi connectivity index (χ0n) is 16.8. The molecule has 156 valence electrons. The fraction of sp³-hybridized carbons (Fsp3) is 0.125. The van der Waals surface area contributed by atoms with Gasteiger partial charge in [-0.2, -0.15) is 0 Å². The summed E-state index contributed by atoms with van der Waals surface area (Å²) in [7, 11) is 0. The van der Waals surface area contributed by atoms with Crippen molar-refractivity contribution in [1.29, 1.82) is 0 Å². The van der Waals surface area contributed by atoms with E-state index in [1.165, 1.54) is 11.0 Å². The summed E-state index contributed by atoms with van der Waals surface area (Å²) in [5.74, 6) is 0.315. The Morgan fingerprint density at radius 2 is 1.65 bits per heavy atom. The van der Waals surface area contributed by atoms with Gasteiger partial charge in [0, 0.05) is 5.69 Å². The number of aliphatic hydroxyl groups is 1. The van der Waals surface area contributed by atoms with Crippen LogP contribution < -0.4 is 10.1 Å². The van der Waals surface area contributed by atoms with Gasteiger partial charge in [-0.15, -0.1) is 5.10 Å². The molecule has 0 saturated carbocycles. The third-order valence-corrected chi connectivity index (χ3v) is 4.64. The van der Waals surface area contributed by atoms with Crippen LogP contribution in [0.1, 0.15) is 27.8 Å². The van der Waals surface area contributed by atoms with E-state index in [1.54, 1.807) is 24.3 Å². The number of benzene rings is 3. The number of hydrogen-bond donors (Lipinski definition) is 2. The summed E-state index contributed by atoms with van der Waals surface area (Å²) in [5, 5.41) is 17.2. The summed E-state index contributed by atoms with van der Waals surface area (Å²) >= 11 is 0. The maximum absolute atomic E-state index is 12.4. The molecule has 4 rings (SSSR count). The molecule has 7 nitrogen and oxygen atoms in total. The second kappa shape index (κ2) is 9.69. The molecule has 0 fully saturated rings. The zero-order valence-corrected chi connectivity index (χ0v) is 16.8. The molecule has 7 heteroatoms. The standard InChI is InChI=1S/C24H22N4O3/c29-22(19-9-5-2-6-10-19)15-28-17-25-23(27-28)24(30)26-20-11-13-21(14-12-20)31-16-18-7-3-1-4-8-18/h1-14,17,22,29H,15-16H2,(H,26,30)/t22-/m1/s1. The van der Waals surface area contributed by atoms with E-state index in [1.807, 2.05) is 60.7 Å². The van der Waals surface area contributed by atoms with Gasteiger partial charge in [0.05, 0.1) is 12.6 Å². The first kappa shape index (κ1) is 20.3. The molecule has 1 amide bonds. The van der Waals surface area contributed by atoms with Gasteiger partial charge in [-0.05, 0) is 35.4 Å². The maximum Gasteiger partial charge on any atom is 0.295 e. The molecule has 4 aromatic rings. The molecule has 0 bridgehead atoms. The largest absolute Gasteiger partial charge is 0.489 e. The molecule has 0 spiro atoms. The molecule has 31 heavy (non-hydrogen) atoms. The van der Waals surface area contributed by atoms with E-state index in [2.05, 4.69) is 15.4 Å². The number of carbonyl (C=O) groups is 1. The van der Waals surface area contributed by atoms with Gasteiger partial charge >= 0.3 is 0 Å². The monoisotopic (exact) mass is 414 g/mol. The number of ether oxygens (including phenoxy) is 1. The van der Waals surface area contributed by atoms with Crippen LogP contribution in [-0.2, 0) is 13.2 Å². The minimum absolute atomic E-state index is 0.0321. The summed E-state index contributed by atoms with van der Waals surface area (Å²) in [6, 6.07) is 26.3. The molecule has 0 unspecified atom stereocenters. The summed E-state index contributed by atoms with van der Waals surface area (Å²) in [6.45, 7) is 0.681. The van der Waals surface area contributed by atoms with Crippen LogP contribution in [0.3, 0.4) is 0 Å². The van der Waals surface area contributed by atoms with Crippen LogP contribution >= 0.6 is 0 Å². The van der Waals surface area contributed by atoms with Crippen molar-refractivity contribution in [1.82, 2.24) is 14.8 Å². The number of nitrogens with zero attached hydrogens (tertiary/aromatic N) is 3. The number of amides is 1. The van der Waals surface area contributed by atoms with Gasteiger partial charge in [0.1, 0.15) is 18.7 Å². The Morgan fingerprint density at radius 1 is 0.968 bits per heavy atom. The van der Waals surface area contributed by atoms with E-state index >= 15 is 0 Å². The quantitative estimate of drug-likeness (QED) is 0.457. The van der Waals surface area contributed by atoms with Crippen LogP contribution in [0.5, 0.6) is 5.75 Å². The van der Waals surface area contributed by atoms with Gasteiger partial charge in [-0.3, -0.25) is 4.79 Å². The maximum atomic E-state index is 12.4. The van der Waals surface area contributed by atoms with Crippen LogP contribution in [0.15, 0.2) is 91.3 Å². The van der Waals surface area contributed by atoms with Crippen LogP contribution in [0.25, 0.3) is 0 Å². The summed E-state index contributed by atoms with van der Waals surface area (Å²) in [6.07, 6.45) is 0.698. The third kappa shape index (κ3) is 5.55. The zero-order chi connectivity index (χ0) is 21.5. The van der Waals surface area contributed by atoms with Crippen molar-refractivity contribution in [2.24, 2.45) is 0 Å². The highest BCUT2D eigenvalue weighted by molar-refractivity contribution is 6.01. The van der Waals surface area contributed by atoms with Gasteiger partial charge < -0.3 is 15.2 Å². The Morgan fingerprint density at radius 3 is 2.35 bits per heavy atom. The van der Waals surface area contributed by atoms with E-state index < -0.39 is 12.0 Å². The Hall–Kier alpha value is -3.97. The molecule has 2 N–H and O–H groups in total. The smallest absolute Gasteiger partial charge is 0.295 e. The lowest BCUT2D eigenvalue weighted by molar-refractivity contribution is 0.101. The second-order valence-corrected chi connectivity index (χ2v) is 6.97. The summed E-state index contributed by atoms with van der Waals surface area (Å²) < 4.78 is 7.20. The van der Waals surface area contributed by atoms with Crippen LogP contribution in [-0.4, -0.2) is 25.8 Å². The van der Waals surface area contributed by atoms with E-state index in [-0.39, 0.29) is 12.4 Å². The van der Waals surface area contributed by atoms with Gasteiger partial charge in [-0.25, -0.2) is 9.67 Å². The predicted octanol–water partition coefficient (Wildman–Crippen LogP) is 3.84. The number of hydrogen-bond acceptors (Lipinski definition) is 5. The van der Waals surface area contributed by atoms with Crippen LogP contribution in [0.4, 0.5) is 5.69 Å². The predicted molar refractivity (Wildman–Crippen MR) is 117 cm³/mol. The lowest BCUT2D eigenvalue weighted by atomic mass is 10.1. The Labute approximate surface area is 180 Å². The van der Waals surface area contributed by atoms with Crippen molar-refractivity contribution in [3.8, 4) is 5.75 Å². The first-order valence-corrected chi connectivity index (χ1v) is 9.88. The molecule has 0 saturated heterocycles. The molecule has 0 aliphatic carbocycles. The van der Waals surface area contributed by atoms with Gasteiger partial charge in [0.25, 0.3) is 5.91 Å². The van der Waals surface area contributed by atoms with Crippen molar-refractivity contribution in [2.75, 3.05) is 5.32 Å². The fourth-order valence-corrected chi connectivity index (χ4v) is 3.01. The summed E-state index contributed by atoms with van der Waals surface area (Å²) in [4.78, 5) is 16.5. The SMILES string of the molecule is O=C(Nc1ccc(OCc2ccccc2)cc1)c1ncn(C[C@@H](O)c2ccccc2)n1. The fourth-order valence-electron chi connectivity index (χ4n) is 3.01. The van der Waals surface area contributed by atoms with Crippen LogP contribution in [0, 0.1) is 0 Å². The van der Waals surface area contributed by atoms with E-state index in [0.717, 1.165) is 11.1 Å². The highest BCUT2D eigenvalue weighted by Crippen LogP contribution is 2.18. The lowest BCUT2D eigenvalue weighted by Crippen LogP contribution is -2.15. The van der Waals surface area contributed by atoms with Gasteiger partial charge in [0.2, 0.25) is 5.82 Å². The molecule has 0 aliphatic rings. The first-order chi connectivity index (χ1) is 15.2. The number of aliphatic hydroxyl groups excluding tert-OH is 1. The van der Waals surface area contributed by atoms with E-state index in [0.29, 0.717) is 18.0 Å². The number of nitrogens with one attached hydrogen (secondary N) is 1. The van der Waals surface area contributed by atoms with Crippen molar-refractivity contribution in [2.45, 2.75) is 19.3 Å². The van der Waals surface area contributed by atoms with Crippen molar-refractivity contribution in [3.63, 3.8) is 0 Å². The average molecular weight is 414 g/mol. The molecule has 0 aliphatic heterocycles. The van der Waals surface area contributed by atoms with Gasteiger partial charge in [0.15, 0.2) is 0 Å². The highest BCUT2D eigenvalue weighted by Gasteiger charge is 2.14. The Kier molecular flexibility index (Phi) is 6.35. The van der Waals surface area contributed by atoms with Crippen LogP contribution in [0.2, 0.25) is 0 Å². The molecule has 1 atom stereocenters. The molecule has 1 aromatic heterocycles. The normalized spacial score (nSPS) is 11.6. The highest BCUT2D eigenvalue weighted by atomic mass is 16.5. The molecule has 0 radical (unpaired) electrons. The third-order valence-electron chi connectivity index (χ3n) is 4.64.